The van der Waals surface area contributed by atoms with E-state index in [4.69, 9.17) is 10.5 Å². The fraction of sp³-hybridized carbons (Fsp3) is 0.333. The fourth-order valence-corrected chi connectivity index (χ4v) is 2.89. The van der Waals surface area contributed by atoms with E-state index in [1.165, 1.54) is 10.9 Å². The lowest BCUT2D eigenvalue weighted by atomic mass is 10.1. The van der Waals surface area contributed by atoms with E-state index in [9.17, 15) is 4.39 Å². The largest absolute Gasteiger partial charge is 0.483 e. The van der Waals surface area contributed by atoms with Crippen molar-refractivity contribution in [1.82, 2.24) is 0 Å². The molecule has 2 aromatic rings. The maximum Gasteiger partial charge on any atom is 0.148 e. The van der Waals surface area contributed by atoms with Crippen molar-refractivity contribution in [2.75, 3.05) is 0 Å². The third-order valence-electron chi connectivity index (χ3n) is 2.91. The smallest absolute Gasteiger partial charge is 0.148 e. The number of ether oxygens (including phenoxy) is 1. The second kappa shape index (κ2) is 5.72. The molecule has 2 rings (SSSR count). The molecule has 0 aliphatic rings. The van der Waals surface area contributed by atoms with Gasteiger partial charge in [0.1, 0.15) is 17.7 Å². The van der Waals surface area contributed by atoms with Gasteiger partial charge in [-0.05, 0) is 56.7 Å². The summed E-state index contributed by atoms with van der Waals surface area (Å²) in [5, 5.41) is 0. The monoisotopic (exact) mass is 279 g/mol. The third kappa shape index (κ3) is 3.33. The minimum atomic E-state index is -0.225. The van der Waals surface area contributed by atoms with Gasteiger partial charge in [-0.3, -0.25) is 0 Å². The van der Waals surface area contributed by atoms with Crippen LogP contribution in [0.1, 0.15) is 28.3 Å². The molecule has 2 atom stereocenters. The molecule has 0 radical (unpaired) electrons. The lowest BCUT2D eigenvalue weighted by Crippen LogP contribution is -2.28. The van der Waals surface area contributed by atoms with E-state index in [1.54, 1.807) is 30.4 Å². The summed E-state index contributed by atoms with van der Waals surface area (Å²) in [4.78, 5) is 2.31. The molecule has 19 heavy (non-hydrogen) atoms. The van der Waals surface area contributed by atoms with Crippen LogP contribution < -0.4 is 10.5 Å². The first-order valence-corrected chi connectivity index (χ1v) is 7.03. The second-order valence-corrected chi connectivity index (χ2v) is 6.08. The number of halogens is 1. The normalized spacial score (nSPS) is 14.2. The molecule has 102 valence electrons. The molecule has 0 fully saturated rings. The van der Waals surface area contributed by atoms with Crippen LogP contribution in [0.25, 0.3) is 0 Å². The van der Waals surface area contributed by atoms with E-state index >= 15 is 0 Å². The standard InChI is InChI=1S/C15H18FNOS/c1-9-8-12(5-6-13(9)16)18-15(11(3)17)14-7-4-10(2)19-14/h4-8,11,15H,17H2,1-3H3. The Morgan fingerprint density at radius 1 is 1.21 bits per heavy atom. The Bertz CT molecular complexity index is 565. The first kappa shape index (κ1) is 14.0. The Morgan fingerprint density at radius 3 is 2.47 bits per heavy atom. The zero-order valence-corrected chi connectivity index (χ0v) is 12.1. The van der Waals surface area contributed by atoms with Crippen LogP contribution in [0.3, 0.4) is 0 Å². The highest BCUT2D eigenvalue weighted by molar-refractivity contribution is 7.12. The minimum Gasteiger partial charge on any atom is -0.483 e. The number of benzene rings is 1. The maximum absolute atomic E-state index is 13.2. The quantitative estimate of drug-likeness (QED) is 0.919. The van der Waals surface area contributed by atoms with Gasteiger partial charge in [0.25, 0.3) is 0 Å². The molecule has 0 aliphatic carbocycles. The van der Waals surface area contributed by atoms with Crippen molar-refractivity contribution in [3.8, 4) is 5.75 Å². The molecule has 0 aliphatic heterocycles. The van der Waals surface area contributed by atoms with E-state index in [0.717, 1.165) is 4.88 Å². The molecule has 2 unspecified atom stereocenters. The van der Waals surface area contributed by atoms with Crippen LogP contribution in [0, 0.1) is 19.7 Å². The number of thiophene rings is 1. The summed E-state index contributed by atoms with van der Waals surface area (Å²) < 4.78 is 19.2. The van der Waals surface area contributed by atoms with Crippen molar-refractivity contribution >= 4 is 11.3 Å². The molecular weight excluding hydrogens is 261 g/mol. The molecule has 1 heterocycles. The average molecular weight is 279 g/mol. The van der Waals surface area contributed by atoms with Gasteiger partial charge in [0.15, 0.2) is 0 Å². The highest BCUT2D eigenvalue weighted by atomic mass is 32.1. The van der Waals surface area contributed by atoms with Crippen molar-refractivity contribution in [1.29, 1.82) is 0 Å². The highest BCUT2D eigenvalue weighted by Gasteiger charge is 2.20. The predicted molar refractivity (Wildman–Crippen MR) is 77.2 cm³/mol. The van der Waals surface area contributed by atoms with Gasteiger partial charge in [-0.15, -0.1) is 11.3 Å². The number of hydrogen-bond acceptors (Lipinski definition) is 3. The van der Waals surface area contributed by atoms with Gasteiger partial charge in [-0.25, -0.2) is 4.39 Å². The lowest BCUT2D eigenvalue weighted by Gasteiger charge is -2.21. The van der Waals surface area contributed by atoms with Crippen LogP contribution in [-0.4, -0.2) is 6.04 Å². The Morgan fingerprint density at radius 2 is 1.95 bits per heavy atom. The molecule has 0 saturated heterocycles. The molecule has 2 N–H and O–H groups in total. The molecule has 0 amide bonds. The number of hydrogen-bond donors (Lipinski definition) is 1. The fourth-order valence-electron chi connectivity index (χ4n) is 1.87. The number of nitrogens with two attached hydrogens (primary N) is 1. The highest BCUT2D eigenvalue weighted by Crippen LogP contribution is 2.30. The maximum atomic E-state index is 13.2. The molecule has 0 saturated carbocycles. The predicted octanol–water partition coefficient (Wildman–Crippen LogP) is 3.97. The molecular formula is C15H18FNOS. The first-order valence-electron chi connectivity index (χ1n) is 6.22. The zero-order valence-electron chi connectivity index (χ0n) is 11.3. The Kier molecular flexibility index (Phi) is 4.22. The third-order valence-corrected chi connectivity index (χ3v) is 3.97. The topological polar surface area (TPSA) is 35.2 Å². The first-order chi connectivity index (χ1) is 8.97. The van der Waals surface area contributed by atoms with Gasteiger partial charge >= 0.3 is 0 Å². The molecule has 4 heteroatoms. The van der Waals surface area contributed by atoms with Gasteiger partial charge in [0.05, 0.1) is 0 Å². The van der Waals surface area contributed by atoms with Gasteiger partial charge in [-0.1, -0.05) is 0 Å². The minimum absolute atomic E-state index is 0.136. The Labute approximate surface area is 117 Å². The van der Waals surface area contributed by atoms with Crippen LogP contribution in [0.4, 0.5) is 4.39 Å². The molecule has 2 nitrogen and oxygen atoms in total. The van der Waals surface area contributed by atoms with Gasteiger partial charge < -0.3 is 10.5 Å². The molecule has 0 bridgehead atoms. The van der Waals surface area contributed by atoms with E-state index < -0.39 is 0 Å². The van der Waals surface area contributed by atoms with Crippen molar-refractivity contribution in [2.24, 2.45) is 5.73 Å². The Hall–Kier alpha value is -1.39. The van der Waals surface area contributed by atoms with Crippen molar-refractivity contribution in [3.05, 3.63) is 51.5 Å². The number of aryl methyl sites for hydroxylation is 2. The Balaban J connectivity index is 2.23. The van der Waals surface area contributed by atoms with E-state index in [-0.39, 0.29) is 18.0 Å². The molecule has 1 aromatic carbocycles. The summed E-state index contributed by atoms with van der Waals surface area (Å²) in [5.74, 6) is 0.420. The van der Waals surface area contributed by atoms with Crippen molar-refractivity contribution in [2.45, 2.75) is 32.9 Å². The van der Waals surface area contributed by atoms with Crippen LogP contribution >= 0.6 is 11.3 Å². The van der Waals surface area contributed by atoms with Crippen LogP contribution in [-0.2, 0) is 0 Å². The second-order valence-electron chi connectivity index (χ2n) is 4.76. The van der Waals surface area contributed by atoms with Gasteiger partial charge in [0, 0.05) is 15.8 Å². The van der Waals surface area contributed by atoms with Crippen molar-refractivity contribution < 1.29 is 9.13 Å². The zero-order chi connectivity index (χ0) is 14.0. The average Bonchev–Trinajstić information content (AvgIpc) is 2.76. The SMILES string of the molecule is Cc1ccc(C(Oc2ccc(F)c(C)c2)C(C)N)s1. The van der Waals surface area contributed by atoms with E-state index in [0.29, 0.717) is 11.3 Å². The molecule has 0 spiro atoms. The summed E-state index contributed by atoms with van der Waals surface area (Å²) in [6.45, 7) is 5.68. The number of rotatable bonds is 4. The summed E-state index contributed by atoms with van der Waals surface area (Å²) in [7, 11) is 0. The summed E-state index contributed by atoms with van der Waals surface area (Å²) >= 11 is 1.67. The van der Waals surface area contributed by atoms with Crippen LogP contribution in [0.2, 0.25) is 0 Å². The van der Waals surface area contributed by atoms with Crippen LogP contribution in [0.15, 0.2) is 30.3 Å². The van der Waals surface area contributed by atoms with Crippen LogP contribution in [0.5, 0.6) is 5.75 Å². The molecule has 1 aromatic heterocycles. The lowest BCUT2D eigenvalue weighted by molar-refractivity contribution is 0.184. The summed E-state index contributed by atoms with van der Waals surface area (Å²) in [5.41, 5.74) is 6.57. The van der Waals surface area contributed by atoms with Gasteiger partial charge in [0.2, 0.25) is 0 Å². The van der Waals surface area contributed by atoms with Crippen molar-refractivity contribution in [3.63, 3.8) is 0 Å². The summed E-state index contributed by atoms with van der Waals surface area (Å²) in [6, 6.07) is 8.70. The summed E-state index contributed by atoms with van der Waals surface area (Å²) in [6.07, 6.45) is -0.205. The van der Waals surface area contributed by atoms with E-state index in [2.05, 4.69) is 13.0 Å². The van der Waals surface area contributed by atoms with Gasteiger partial charge in [-0.2, -0.15) is 0 Å². The van der Waals surface area contributed by atoms with E-state index in [1.807, 2.05) is 13.0 Å².